The van der Waals surface area contributed by atoms with Crippen molar-refractivity contribution in [2.45, 2.75) is 38.4 Å². The summed E-state index contributed by atoms with van der Waals surface area (Å²) >= 11 is 0. The molecule has 0 spiro atoms. The normalized spacial score (nSPS) is 30.9. The number of aryl methyl sites for hydroxylation is 1. The molecule has 1 aliphatic heterocycles. The van der Waals surface area contributed by atoms with Crippen molar-refractivity contribution in [3.05, 3.63) is 18.0 Å². The summed E-state index contributed by atoms with van der Waals surface area (Å²) in [5.41, 5.74) is -0.0435. The van der Waals surface area contributed by atoms with Crippen LogP contribution < -0.4 is 0 Å². The van der Waals surface area contributed by atoms with Gasteiger partial charge in [0.15, 0.2) is 0 Å². The van der Waals surface area contributed by atoms with Crippen molar-refractivity contribution in [3.8, 4) is 0 Å². The van der Waals surface area contributed by atoms with Crippen molar-refractivity contribution < 1.29 is 9.84 Å². The molecule has 0 saturated carbocycles. The molecule has 0 radical (unpaired) electrons. The van der Waals surface area contributed by atoms with Crippen LogP contribution in [-0.2, 0) is 17.4 Å². The first-order chi connectivity index (χ1) is 7.51. The molecule has 2 atom stereocenters. The molecule has 1 saturated heterocycles. The number of ether oxygens (including phenoxy) is 1. The topological polar surface area (TPSA) is 47.3 Å². The van der Waals surface area contributed by atoms with Gasteiger partial charge in [0.05, 0.1) is 18.4 Å². The lowest BCUT2D eigenvalue weighted by Gasteiger charge is -2.37. The monoisotopic (exact) mass is 224 g/mol. The highest BCUT2D eigenvalue weighted by Gasteiger charge is 2.39. The van der Waals surface area contributed by atoms with E-state index in [2.05, 4.69) is 18.9 Å². The number of aromatic nitrogens is 2. The van der Waals surface area contributed by atoms with Crippen molar-refractivity contribution >= 4 is 0 Å². The molecular formula is C12H20N2O2. The van der Waals surface area contributed by atoms with Crippen molar-refractivity contribution in [3.63, 3.8) is 0 Å². The molecule has 0 aromatic carbocycles. The smallest absolute Gasteiger partial charge is 0.113 e. The SMILES string of the molecule is CC(C)C1CC(O)(c2ccn(C)n2)CCO1. The van der Waals surface area contributed by atoms with Crippen LogP contribution in [0.15, 0.2) is 12.3 Å². The van der Waals surface area contributed by atoms with E-state index in [0.717, 1.165) is 5.69 Å². The minimum Gasteiger partial charge on any atom is -0.383 e. The fraction of sp³-hybridized carbons (Fsp3) is 0.750. The number of nitrogens with zero attached hydrogens (tertiary/aromatic N) is 2. The zero-order valence-electron chi connectivity index (χ0n) is 10.2. The minimum atomic E-state index is -0.811. The average molecular weight is 224 g/mol. The van der Waals surface area contributed by atoms with Crippen molar-refractivity contribution in [1.29, 1.82) is 0 Å². The summed E-state index contributed by atoms with van der Waals surface area (Å²) in [7, 11) is 1.87. The van der Waals surface area contributed by atoms with Crippen LogP contribution in [0.25, 0.3) is 0 Å². The summed E-state index contributed by atoms with van der Waals surface area (Å²) in [6.07, 6.45) is 3.27. The maximum absolute atomic E-state index is 10.6. The van der Waals surface area contributed by atoms with Gasteiger partial charge in [-0.2, -0.15) is 5.10 Å². The standard InChI is InChI=1S/C12H20N2O2/c1-9(2)10-8-12(15,5-7-16-10)11-4-6-14(3)13-11/h4,6,9-10,15H,5,7-8H2,1-3H3. The Morgan fingerprint density at radius 1 is 1.62 bits per heavy atom. The first kappa shape index (κ1) is 11.6. The third-order valence-corrected chi connectivity index (χ3v) is 3.32. The predicted molar refractivity (Wildman–Crippen MR) is 60.9 cm³/mol. The van der Waals surface area contributed by atoms with Crippen LogP contribution in [0.5, 0.6) is 0 Å². The van der Waals surface area contributed by atoms with E-state index >= 15 is 0 Å². The molecule has 1 aromatic rings. The lowest BCUT2D eigenvalue weighted by Crippen LogP contribution is -2.41. The Labute approximate surface area is 96.2 Å². The summed E-state index contributed by atoms with van der Waals surface area (Å²) in [4.78, 5) is 0. The third-order valence-electron chi connectivity index (χ3n) is 3.32. The van der Waals surface area contributed by atoms with Crippen LogP contribution in [0.3, 0.4) is 0 Å². The second-order valence-corrected chi connectivity index (χ2v) is 5.01. The summed E-state index contributed by atoms with van der Waals surface area (Å²) in [6, 6.07) is 1.89. The van der Waals surface area contributed by atoms with Crippen LogP contribution in [0.4, 0.5) is 0 Å². The van der Waals surface area contributed by atoms with Gasteiger partial charge in [-0.1, -0.05) is 13.8 Å². The molecule has 1 aliphatic rings. The lowest BCUT2D eigenvalue weighted by molar-refractivity contribution is -0.123. The van der Waals surface area contributed by atoms with Crippen molar-refractivity contribution in [2.75, 3.05) is 6.61 Å². The van der Waals surface area contributed by atoms with E-state index in [1.807, 2.05) is 19.3 Å². The minimum absolute atomic E-state index is 0.126. The van der Waals surface area contributed by atoms with E-state index in [-0.39, 0.29) is 6.10 Å². The zero-order chi connectivity index (χ0) is 11.8. The van der Waals surface area contributed by atoms with Gasteiger partial charge in [0, 0.05) is 26.1 Å². The van der Waals surface area contributed by atoms with E-state index in [1.54, 1.807) is 4.68 Å². The number of aliphatic hydroxyl groups is 1. The summed E-state index contributed by atoms with van der Waals surface area (Å²) in [6.45, 7) is 4.85. The van der Waals surface area contributed by atoms with Gasteiger partial charge >= 0.3 is 0 Å². The number of rotatable bonds is 2. The van der Waals surface area contributed by atoms with E-state index in [4.69, 9.17) is 4.74 Å². The van der Waals surface area contributed by atoms with Gasteiger partial charge in [-0.3, -0.25) is 4.68 Å². The molecule has 2 heterocycles. The fourth-order valence-corrected chi connectivity index (χ4v) is 2.20. The van der Waals surface area contributed by atoms with Gasteiger partial charge in [0.1, 0.15) is 5.60 Å². The molecule has 2 unspecified atom stereocenters. The van der Waals surface area contributed by atoms with Gasteiger partial charge in [0.25, 0.3) is 0 Å². The number of hydrogen-bond acceptors (Lipinski definition) is 3. The Morgan fingerprint density at radius 2 is 2.38 bits per heavy atom. The molecule has 1 aromatic heterocycles. The van der Waals surface area contributed by atoms with Crippen molar-refractivity contribution in [1.82, 2.24) is 9.78 Å². The molecule has 4 nitrogen and oxygen atoms in total. The molecule has 1 N–H and O–H groups in total. The average Bonchev–Trinajstić information content (AvgIpc) is 2.65. The van der Waals surface area contributed by atoms with Gasteiger partial charge in [-0.15, -0.1) is 0 Å². The second-order valence-electron chi connectivity index (χ2n) is 5.01. The first-order valence-corrected chi connectivity index (χ1v) is 5.85. The van der Waals surface area contributed by atoms with Crippen LogP contribution in [0.1, 0.15) is 32.4 Å². The van der Waals surface area contributed by atoms with E-state index in [1.165, 1.54) is 0 Å². The Morgan fingerprint density at radius 3 is 2.94 bits per heavy atom. The maximum atomic E-state index is 10.6. The molecule has 4 heteroatoms. The molecule has 1 fully saturated rings. The molecule has 90 valence electrons. The Balaban J connectivity index is 2.18. The quantitative estimate of drug-likeness (QED) is 0.827. The molecule has 0 amide bonds. The third kappa shape index (κ3) is 2.13. The van der Waals surface area contributed by atoms with Gasteiger partial charge < -0.3 is 9.84 Å². The highest BCUT2D eigenvalue weighted by molar-refractivity contribution is 5.12. The fourth-order valence-electron chi connectivity index (χ4n) is 2.20. The number of hydrogen-bond donors (Lipinski definition) is 1. The Bertz CT molecular complexity index is 362. The van der Waals surface area contributed by atoms with Gasteiger partial charge in [-0.05, 0) is 12.0 Å². The van der Waals surface area contributed by atoms with E-state index in [9.17, 15) is 5.11 Å². The molecule has 2 rings (SSSR count). The maximum Gasteiger partial charge on any atom is 0.113 e. The first-order valence-electron chi connectivity index (χ1n) is 5.85. The Kier molecular flexibility index (Phi) is 3.04. The van der Waals surface area contributed by atoms with Crippen LogP contribution in [-0.4, -0.2) is 27.6 Å². The largest absolute Gasteiger partial charge is 0.383 e. The zero-order valence-corrected chi connectivity index (χ0v) is 10.2. The van der Waals surface area contributed by atoms with Crippen LogP contribution >= 0.6 is 0 Å². The highest BCUT2D eigenvalue weighted by atomic mass is 16.5. The Hall–Kier alpha value is -0.870. The van der Waals surface area contributed by atoms with Crippen LogP contribution in [0.2, 0.25) is 0 Å². The van der Waals surface area contributed by atoms with E-state index in [0.29, 0.717) is 25.4 Å². The highest BCUT2D eigenvalue weighted by Crippen LogP contribution is 2.35. The predicted octanol–water partition coefficient (Wildman–Crippen LogP) is 1.44. The van der Waals surface area contributed by atoms with Gasteiger partial charge in [-0.25, -0.2) is 0 Å². The van der Waals surface area contributed by atoms with Crippen LogP contribution in [0, 0.1) is 5.92 Å². The van der Waals surface area contributed by atoms with Crippen molar-refractivity contribution in [2.24, 2.45) is 13.0 Å². The van der Waals surface area contributed by atoms with E-state index < -0.39 is 5.60 Å². The molecular weight excluding hydrogens is 204 g/mol. The summed E-state index contributed by atoms with van der Waals surface area (Å²) < 4.78 is 7.40. The van der Waals surface area contributed by atoms with Gasteiger partial charge in [0.2, 0.25) is 0 Å². The molecule has 0 bridgehead atoms. The second kappa shape index (κ2) is 4.18. The summed E-state index contributed by atoms with van der Waals surface area (Å²) in [5, 5.41) is 14.9. The lowest BCUT2D eigenvalue weighted by atomic mass is 9.84. The molecule has 16 heavy (non-hydrogen) atoms. The molecule has 0 aliphatic carbocycles. The summed E-state index contributed by atoms with van der Waals surface area (Å²) in [5.74, 6) is 0.426.